The van der Waals surface area contributed by atoms with Gasteiger partial charge in [0.15, 0.2) is 0 Å². The number of carbonyl (C=O) groups is 1. The van der Waals surface area contributed by atoms with Gasteiger partial charge in [-0.15, -0.1) is 0 Å². The van der Waals surface area contributed by atoms with E-state index in [2.05, 4.69) is 5.32 Å². The Bertz CT molecular complexity index is 436. The van der Waals surface area contributed by atoms with E-state index in [0.29, 0.717) is 30.9 Å². The van der Waals surface area contributed by atoms with Crippen molar-refractivity contribution in [2.45, 2.75) is 31.3 Å². The second-order valence-corrected chi connectivity index (χ2v) is 5.64. The molecule has 0 amide bonds. The van der Waals surface area contributed by atoms with E-state index in [0.717, 1.165) is 31.8 Å². The molecule has 20 heavy (non-hydrogen) atoms. The molecule has 2 heterocycles. The average molecular weight is 275 g/mol. The van der Waals surface area contributed by atoms with Gasteiger partial charge in [-0.1, -0.05) is 18.2 Å². The van der Waals surface area contributed by atoms with E-state index in [1.165, 1.54) is 0 Å². The third-order valence-corrected chi connectivity index (χ3v) is 4.06. The van der Waals surface area contributed by atoms with Gasteiger partial charge in [0.25, 0.3) is 0 Å². The van der Waals surface area contributed by atoms with Gasteiger partial charge in [0.2, 0.25) is 0 Å². The fraction of sp³-hybridized carbons (Fsp3) is 0.562. The van der Waals surface area contributed by atoms with Crippen molar-refractivity contribution in [1.29, 1.82) is 0 Å². The van der Waals surface area contributed by atoms with Crippen LogP contribution in [-0.2, 0) is 9.53 Å². The maximum absolute atomic E-state index is 12.3. The molecular formula is C16H21NO3. The number of piperidine rings is 1. The van der Waals surface area contributed by atoms with Gasteiger partial charge in [0, 0.05) is 24.4 Å². The average Bonchev–Trinajstić information content (AvgIpc) is 2.48. The molecule has 1 N–H and O–H groups in total. The van der Waals surface area contributed by atoms with Crippen molar-refractivity contribution in [3.63, 3.8) is 0 Å². The molecule has 0 radical (unpaired) electrons. The van der Waals surface area contributed by atoms with Crippen LogP contribution in [0.2, 0.25) is 0 Å². The summed E-state index contributed by atoms with van der Waals surface area (Å²) in [6.45, 7) is 1.94. The fourth-order valence-corrected chi connectivity index (χ4v) is 3.09. The lowest BCUT2D eigenvalue weighted by Gasteiger charge is -2.39. The third kappa shape index (κ3) is 3.38. The number of ketones is 1. The first kappa shape index (κ1) is 13.6. The molecule has 0 aliphatic carbocycles. The molecule has 4 nitrogen and oxygen atoms in total. The number of ether oxygens (including phenoxy) is 2. The maximum Gasteiger partial charge on any atom is 0.139 e. The predicted molar refractivity (Wildman–Crippen MR) is 75.8 cm³/mol. The van der Waals surface area contributed by atoms with Gasteiger partial charge in [-0.3, -0.25) is 4.79 Å². The summed E-state index contributed by atoms with van der Waals surface area (Å²) in [7, 11) is 0. The summed E-state index contributed by atoms with van der Waals surface area (Å²) in [5.74, 6) is 1.34. The van der Waals surface area contributed by atoms with Gasteiger partial charge in [-0.25, -0.2) is 0 Å². The van der Waals surface area contributed by atoms with Crippen LogP contribution in [0.3, 0.4) is 0 Å². The molecule has 1 aromatic carbocycles. The summed E-state index contributed by atoms with van der Waals surface area (Å²) in [6, 6.07) is 10.4. The Hall–Kier alpha value is -1.39. The number of morpholine rings is 1. The Morgan fingerprint density at radius 2 is 1.90 bits per heavy atom. The second-order valence-electron chi connectivity index (χ2n) is 5.64. The molecule has 108 valence electrons. The zero-order chi connectivity index (χ0) is 13.8. The van der Waals surface area contributed by atoms with Crippen molar-refractivity contribution in [2.24, 2.45) is 5.92 Å². The van der Waals surface area contributed by atoms with Gasteiger partial charge in [-0.05, 0) is 25.0 Å². The van der Waals surface area contributed by atoms with Crippen molar-refractivity contribution in [2.75, 3.05) is 19.8 Å². The summed E-state index contributed by atoms with van der Waals surface area (Å²) < 4.78 is 11.1. The second kappa shape index (κ2) is 6.37. The van der Waals surface area contributed by atoms with E-state index in [-0.39, 0.29) is 5.92 Å². The van der Waals surface area contributed by atoms with Crippen LogP contribution in [0.15, 0.2) is 30.3 Å². The van der Waals surface area contributed by atoms with Gasteiger partial charge in [0.1, 0.15) is 11.5 Å². The monoisotopic (exact) mass is 275 g/mol. The lowest BCUT2D eigenvalue weighted by molar-refractivity contribution is -0.126. The van der Waals surface area contributed by atoms with Gasteiger partial charge in [-0.2, -0.15) is 0 Å². The Balaban J connectivity index is 1.45. The van der Waals surface area contributed by atoms with Crippen molar-refractivity contribution in [1.82, 2.24) is 5.32 Å². The molecule has 2 aliphatic heterocycles. The summed E-state index contributed by atoms with van der Waals surface area (Å²) in [5.41, 5.74) is 0. The van der Waals surface area contributed by atoms with Crippen LogP contribution in [0.5, 0.6) is 5.75 Å². The molecule has 3 rings (SSSR count). The first-order chi connectivity index (χ1) is 9.81. The number of carbonyl (C=O) groups excluding carboxylic acids is 1. The molecule has 2 unspecified atom stereocenters. The lowest BCUT2D eigenvalue weighted by atomic mass is 9.83. The highest BCUT2D eigenvalue weighted by Crippen LogP contribution is 2.25. The van der Waals surface area contributed by atoms with Crippen LogP contribution < -0.4 is 10.1 Å². The van der Waals surface area contributed by atoms with E-state index in [9.17, 15) is 4.79 Å². The Morgan fingerprint density at radius 1 is 1.20 bits per heavy atom. The fourth-order valence-electron chi connectivity index (χ4n) is 3.09. The molecule has 1 aromatic rings. The molecule has 2 fully saturated rings. The zero-order valence-corrected chi connectivity index (χ0v) is 11.6. The zero-order valence-electron chi connectivity index (χ0n) is 11.6. The number of hydrogen-bond donors (Lipinski definition) is 1. The molecule has 0 aromatic heterocycles. The summed E-state index contributed by atoms with van der Waals surface area (Å²) in [6.07, 6.45) is 2.31. The quantitative estimate of drug-likeness (QED) is 0.890. The van der Waals surface area contributed by atoms with E-state index < -0.39 is 0 Å². The summed E-state index contributed by atoms with van der Waals surface area (Å²) in [5, 5.41) is 3.51. The van der Waals surface area contributed by atoms with Crippen LogP contribution in [0, 0.1) is 5.92 Å². The Morgan fingerprint density at radius 3 is 2.60 bits per heavy atom. The standard InChI is InChI=1S/C16H21NO3/c18-16(6-7-20-15-4-2-1-3-5-15)12-8-13-10-19-11-14(9-12)17-13/h1-5,12-14,17H,6-11H2. The van der Waals surface area contributed by atoms with E-state index in [4.69, 9.17) is 9.47 Å². The number of nitrogens with one attached hydrogen (secondary N) is 1. The van der Waals surface area contributed by atoms with Crippen molar-refractivity contribution >= 4 is 5.78 Å². The van der Waals surface area contributed by atoms with E-state index >= 15 is 0 Å². The summed E-state index contributed by atoms with van der Waals surface area (Å²) >= 11 is 0. The molecule has 0 saturated carbocycles. The highest BCUT2D eigenvalue weighted by molar-refractivity contribution is 5.81. The van der Waals surface area contributed by atoms with Crippen LogP contribution in [-0.4, -0.2) is 37.7 Å². The molecular weight excluding hydrogens is 254 g/mol. The Kier molecular flexibility index (Phi) is 4.33. The number of hydrogen-bond acceptors (Lipinski definition) is 4. The van der Waals surface area contributed by atoms with Crippen LogP contribution in [0.4, 0.5) is 0 Å². The Labute approximate surface area is 119 Å². The molecule has 0 spiro atoms. The topological polar surface area (TPSA) is 47.6 Å². The van der Waals surface area contributed by atoms with Crippen molar-refractivity contribution in [3.05, 3.63) is 30.3 Å². The molecule has 2 bridgehead atoms. The minimum atomic E-state index is 0.175. The van der Waals surface area contributed by atoms with Gasteiger partial charge in [0.05, 0.1) is 19.8 Å². The highest BCUT2D eigenvalue weighted by atomic mass is 16.5. The van der Waals surface area contributed by atoms with E-state index in [1.807, 2.05) is 30.3 Å². The number of rotatable bonds is 5. The molecule has 2 saturated heterocycles. The van der Waals surface area contributed by atoms with Crippen LogP contribution in [0.25, 0.3) is 0 Å². The SMILES string of the molecule is O=C(CCOc1ccccc1)C1CC2COCC(C1)N2. The van der Waals surface area contributed by atoms with Gasteiger partial charge >= 0.3 is 0 Å². The minimum Gasteiger partial charge on any atom is -0.493 e. The largest absolute Gasteiger partial charge is 0.493 e. The minimum absolute atomic E-state index is 0.175. The first-order valence-corrected chi connectivity index (χ1v) is 7.35. The lowest BCUT2D eigenvalue weighted by Crippen LogP contribution is -2.55. The summed E-state index contributed by atoms with van der Waals surface area (Å²) in [4.78, 5) is 12.3. The van der Waals surface area contributed by atoms with Crippen LogP contribution >= 0.6 is 0 Å². The first-order valence-electron chi connectivity index (χ1n) is 7.35. The molecule has 4 heteroatoms. The number of para-hydroxylation sites is 1. The smallest absolute Gasteiger partial charge is 0.139 e. The van der Waals surface area contributed by atoms with E-state index in [1.54, 1.807) is 0 Å². The number of benzene rings is 1. The van der Waals surface area contributed by atoms with Crippen LogP contribution in [0.1, 0.15) is 19.3 Å². The highest BCUT2D eigenvalue weighted by Gasteiger charge is 2.34. The third-order valence-electron chi connectivity index (χ3n) is 4.06. The molecule has 2 atom stereocenters. The van der Waals surface area contributed by atoms with Gasteiger partial charge < -0.3 is 14.8 Å². The van der Waals surface area contributed by atoms with Crippen molar-refractivity contribution in [3.8, 4) is 5.75 Å². The maximum atomic E-state index is 12.3. The number of Topliss-reactive ketones (excluding diaryl/α,β-unsaturated/α-hetero) is 1. The number of fused-ring (bicyclic) bond motifs is 2. The molecule has 2 aliphatic rings. The normalized spacial score (nSPS) is 28.9. The predicted octanol–water partition coefficient (Wildman–Crippen LogP) is 1.79. The van der Waals surface area contributed by atoms with Crippen molar-refractivity contribution < 1.29 is 14.3 Å².